The molecular weight excluding hydrogens is 266 g/mol. The maximum Gasteiger partial charge on any atom is 0.302 e. The molecule has 0 spiro atoms. The summed E-state index contributed by atoms with van der Waals surface area (Å²) in [6.45, 7) is 6.06. The molecule has 0 bridgehead atoms. The van der Waals surface area contributed by atoms with Crippen molar-refractivity contribution >= 4 is 17.9 Å². The first kappa shape index (κ1) is 17.2. The fourth-order valence-electron chi connectivity index (χ4n) is 2.21. The Morgan fingerprint density at radius 1 is 1.14 bits per heavy atom. The molecule has 4 nitrogen and oxygen atoms in total. The van der Waals surface area contributed by atoms with E-state index in [1.807, 2.05) is 24.3 Å². The topological polar surface area (TPSA) is 46.6 Å². The molecule has 1 aromatic carbocycles. The first-order valence-corrected chi connectivity index (χ1v) is 7.61. The molecule has 0 saturated heterocycles. The van der Waals surface area contributed by atoms with Gasteiger partial charge >= 0.3 is 5.97 Å². The molecule has 0 aromatic heterocycles. The Morgan fingerprint density at radius 2 is 1.81 bits per heavy atom. The minimum atomic E-state index is -0.203. The van der Waals surface area contributed by atoms with E-state index in [0.29, 0.717) is 12.2 Å². The number of ether oxygens (including phenoxy) is 1. The smallest absolute Gasteiger partial charge is 0.302 e. The van der Waals surface area contributed by atoms with E-state index < -0.39 is 0 Å². The molecule has 0 aliphatic rings. The van der Waals surface area contributed by atoms with E-state index in [9.17, 15) is 9.59 Å². The van der Waals surface area contributed by atoms with Crippen LogP contribution in [-0.2, 0) is 9.53 Å². The number of aldehydes is 1. The summed E-state index contributed by atoms with van der Waals surface area (Å²) in [6.07, 6.45) is 5.12. The van der Waals surface area contributed by atoms with Crippen LogP contribution < -0.4 is 4.90 Å². The molecule has 1 rings (SSSR count). The normalized spacial score (nSPS) is 10.2. The van der Waals surface area contributed by atoms with Crippen LogP contribution in [0.1, 0.15) is 49.9 Å². The summed E-state index contributed by atoms with van der Waals surface area (Å²) in [5.74, 6) is -0.203. The van der Waals surface area contributed by atoms with E-state index >= 15 is 0 Å². The maximum absolute atomic E-state index is 10.7. The van der Waals surface area contributed by atoms with Gasteiger partial charge in [-0.05, 0) is 50.5 Å². The van der Waals surface area contributed by atoms with Crippen LogP contribution in [-0.4, -0.2) is 32.0 Å². The molecule has 0 N–H and O–H groups in total. The summed E-state index contributed by atoms with van der Waals surface area (Å²) in [4.78, 5) is 23.6. The Labute approximate surface area is 127 Å². The summed E-state index contributed by atoms with van der Waals surface area (Å²) in [7, 11) is 0. The number of benzene rings is 1. The molecule has 0 aliphatic carbocycles. The second kappa shape index (κ2) is 9.97. The standard InChI is InChI=1S/C17H25NO3/c1-3-18(17-10-8-16(14-19)9-11-17)12-6-4-5-7-13-21-15(2)20/h8-11,14H,3-7,12-13H2,1-2H3. The lowest BCUT2D eigenvalue weighted by molar-refractivity contribution is -0.141. The second-order valence-electron chi connectivity index (χ2n) is 5.04. The highest BCUT2D eigenvalue weighted by molar-refractivity contribution is 5.75. The predicted octanol–water partition coefficient (Wildman–Crippen LogP) is 3.45. The Morgan fingerprint density at radius 3 is 2.38 bits per heavy atom. The number of hydrogen-bond acceptors (Lipinski definition) is 4. The summed E-state index contributed by atoms with van der Waals surface area (Å²) >= 11 is 0. The van der Waals surface area contributed by atoms with Crippen molar-refractivity contribution in [2.45, 2.75) is 39.5 Å². The number of carbonyl (C=O) groups is 2. The predicted molar refractivity (Wildman–Crippen MR) is 84.8 cm³/mol. The lowest BCUT2D eigenvalue weighted by Crippen LogP contribution is -2.23. The van der Waals surface area contributed by atoms with E-state index in [-0.39, 0.29) is 5.97 Å². The Balaban J connectivity index is 2.24. The summed E-state index contributed by atoms with van der Waals surface area (Å²) in [5.41, 5.74) is 1.86. The molecular formula is C17H25NO3. The lowest BCUT2D eigenvalue weighted by atomic mass is 10.1. The van der Waals surface area contributed by atoms with Crippen molar-refractivity contribution in [3.05, 3.63) is 29.8 Å². The first-order valence-electron chi connectivity index (χ1n) is 7.61. The van der Waals surface area contributed by atoms with Crippen molar-refractivity contribution in [2.24, 2.45) is 0 Å². The van der Waals surface area contributed by atoms with Gasteiger partial charge in [-0.25, -0.2) is 0 Å². The van der Waals surface area contributed by atoms with Crippen LogP contribution in [0.2, 0.25) is 0 Å². The average molecular weight is 291 g/mol. The van der Waals surface area contributed by atoms with Crippen molar-refractivity contribution in [3.63, 3.8) is 0 Å². The van der Waals surface area contributed by atoms with Gasteiger partial charge in [0.05, 0.1) is 6.61 Å². The number of rotatable bonds is 10. The third kappa shape index (κ3) is 6.93. The quantitative estimate of drug-likeness (QED) is 0.376. The maximum atomic E-state index is 10.7. The van der Waals surface area contributed by atoms with E-state index in [2.05, 4.69) is 11.8 Å². The summed E-state index contributed by atoms with van der Waals surface area (Å²) in [5, 5.41) is 0. The zero-order valence-corrected chi connectivity index (χ0v) is 13.0. The van der Waals surface area contributed by atoms with Gasteiger partial charge in [0.25, 0.3) is 0 Å². The molecule has 0 heterocycles. The molecule has 0 aliphatic heterocycles. The molecule has 0 saturated carbocycles. The lowest BCUT2D eigenvalue weighted by Gasteiger charge is -2.23. The minimum Gasteiger partial charge on any atom is -0.466 e. The van der Waals surface area contributed by atoms with Crippen molar-refractivity contribution in [1.29, 1.82) is 0 Å². The fourth-order valence-corrected chi connectivity index (χ4v) is 2.21. The molecule has 0 fully saturated rings. The zero-order valence-electron chi connectivity index (χ0n) is 13.0. The molecule has 0 atom stereocenters. The SMILES string of the molecule is CCN(CCCCCCOC(C)=O)c1ccc(C=O)cc1. The van der Waals surface area contributed by atoms with Crippen LogP contribution in [0.4, 0.5) is 5.69 Å². The van der Waals surface area contributed by atoms with Gasteiger partial charge in [0, 0.05) is 31.3 Å². The van der Waals surface area contributed by atoms with E-state index in [4.69, 9.17) is 4.74 Å². The van der Waals surface area contributed by atoms with Gasteiger partial charge in [-0.1, -0.05) is 6.42 Å². The van der Waals surface area contributed by atoms with Crippen LogP contribution in [0.3, 0.4) is 0 Å². The molecule has 116 valence electrons. The monoisotopic (exact) mass is 291 g/mol. The van der Waals surface area contributed by atoms with Crippen molar-refractivity contribution in [1.82, 2.24) is 0 Å². The molecule has 21 heavy (non-hydrogen) atoms. The van der Waals surface area contributed by atoms with Gasteiger partial charge < -0.3 is 9.64 Å². The third-order valence-corrected chi connectivity index (χ3v) is 3.40. The van der Waals surface area contributed by atoms with Gasteiger partial charge in [-0.15, -0.1) is 0 Å². The highest BCUT2D eigenvalue weighted by Gasteiger charge is 2.04. The van der Waals surface area contributed by atoms with E-state index in [1.54, 1.807) is 0 Å². The zero-order chi connectivity index (χ0) is 15.5. The van der Waals surface area contributed by atoms with Crippen LogP contribution in [0.5, 0.6) is 0 Å². The van der Waals surface area contributed by atoms with Gasteiger partial charge in [-0.3, -0.25) is 9.59 Å². The largest absolute Gasteiger partial charge is 0.466 e. The van der Waals surface area contributed by atoms with Gasteiger partial charge in [0.15, 0.2) is 0 Å². The number of hydrogen-bond donors (Lipinski definition) is 0. The van der Waals surface area contributed by atoms with Crippen molar-refractivity contribution in [3.8, 4) is 0 Å². The third-order valence-electron chi connectivity index (χ3n) is 3.40. The Hall–Kier alpha value is -1.84. The summed E-state index contributed by atoms with van der Waals surface area (Å²) < 4.78 is 4.90. The highest BCUT2D eigenvalue weighted by atomic mass is 16.5. The number of carbonyl (C=O) groups excluding carboxylic acids is 2. The molecule has 1 aromatic rings. The Kier molecular flexibility index (Phi) is 8.17. The van der Waals surface area contributed by atoms with Gasteiger partial charge in [0.1, 0.15) is 6.29 Å². The number of anilines is 1. The van der Waals surface area contributed by atoms with Crippen LogP contribution in [0, 0.1) is 0 Å². The number of esters is 1. The van der Waals surface area contributed by atoms with E-state index in [1.165, 1.54) is 6.92 Å². The van der Waals surface area contributed by atoms with Gasteiger partial charge in [0.2, 0.25) is 0 Å². The number of nitrogens with zero attached hydrogens (tertiary/aromatic N) is 1. The fraction of sp³-hybridized carbons (Fsp3) is 0.529. The van der Waals surface area contributed by atoms with Gasteiger partial charge in [-0.2, -0.15) is 0 Å². The highest BCUT2D eigenvalue weighted by Crippen LogP contribution is 2.15. The van der Waals surface area contributed by atoms with E-state index in [0.717, 1.165) is 50.7 Å². The van der Waals surface area contributed by atoms with Crippen LogP contribution >= 0.6 is 0 Å². The molecule has 0 unspecified atom stereocenters. The average Bonchev–Trinajstić information content (AvgIpc) is 2.50. The molecule has 4 heteroatoms. The minimum absolute atomic E-state index is 0.203. The summed E-state index contributed by atoms with van der Waals surface area (Å²) in [6, 6.07) is 7.69. The Bertz CT molecular complexity index is 428. The number of unbranched alkanes of at least 4 members (excludes halogenated alkanes) is 3. The van der Waals surface area contributed by atoms with Crippen LogP contribution in [0.15, 0.2) is 24.3 Å². The molecule has 0 radical (unpaired) electrons. The molecule has 0 amide bonds. The van der Waals surface area contributed by atoms with Crippen LogP contribution in [0.25, 0.3) is 0 Å². The second-order valence-corrected chi connectivity index (χ2v) is 5.04. The van der Waals surface area contributed by atoms with Crippen molar-refractivity contribution in [2.75, 3.05) is 24.6 Å². The first-order chi connectivity index (χ1) is 10.2. The van der Waals surface area contributed by atoms with Crippen molar-refractivity contribution < 1.29 is 14.3 Å².